The van der Waals surface area contributed by atoms with Crippen molar-refractivity contribution in [2.24, 2.45) is 5.92 Å². The molecule has 2 rings (SSSR count). The van der Waals surface area contributed by atoms with E-state index in [-0.39, 0.29) is 11.7 Å². The van der Waals surface area contributed by atoms with Crippen molar-refractivity contribution >= 4 is 11.6 Å². The van der Waals surface area contributed by atoms with Crippen LogP contribution in [0.5, 0.6) is 5.75 Å². The molecule has 0 bridgehead atoms. The molecule has 0 atom stereocenters. The molecule has 0 spiro atoms. The van der Waals surface area contributed by atoms with Gasteiger partial charge in [0.05, 0.1) is 7.11 Å². The SMILES string of the molecule is COc1cc(NC(=O)CC2CNC2)ccc1F. The molecule has 92 valence electrons. The maximum absolute atomic E-state index is 13.1. The lowest BCUT2D eigenvalue weighted by molar-refractivity contribution is -0.117. The molecule has 1 amide bonds. The van der Waals surface area contributed by atoms with E-state index < -0.39 is 5.82 Å². The highest BCUT2D eigenvalue weighted by molar-refractivity contribution is 5.91. The summed E-state index contributed by atoms with van der Waals surface area (Å²) in [6, 6.07) is 4.28. The van der Waals surface area contributed by atoms with E-state index in [1.807, 2.05) is 0 Å². The number of anilines is 1. The fraction of sp³-hybridized carbons (Fsp3) is 0.417. The highest BCUT2D eigenvalue weighted by atomic mass is 19.1. The van der Waals surface area contributed by atoms with E-state index >= 15 is 0 Å². The van der Waals surface area contributed by atoms with Crippen LogP contribution in [0, 0.1) is 11.7 Å². The van der Waals surface area contributed by atoms with Crippen molar-refractivity contribution in [3.63, 3.8) is 0 Å². The zero-order valence-electron chi connectivity index (χ0n) is 9.63. The Hall–Kier alpha value is -1.62. The molecule has 1 aliphatic rings. The number of benzene rings is 1. The summed E-state index contributed by atoms with van der Waals surface area (Å²) < 4.78 is 18.0. The third kappa shape index (κ3) is 2.94. The topological polar surface area (TPSA) is 50.4 Å². The van der Waals surface area contributed by atoms with E-state index in [9.17, 15) is 9.18 Å². The standard InChI is InChI=1S/C12H15FN2O2/c1-17-11-5-9(2-3-10(11)13)15-12(16)4-8-6-14-7-8/h2-3,5,8,14H,4,6-7H2,1H3,(H,15,16). The van der Waals surface area contributed by atoms with Crippen molar-refractivity contribution in [2.45, 2.75) is 6.42 Å². The molecule has 1 aromatic carbocycles. The number of nitrogens with one attached hydrogen (secondary N) is 2. The first-order chi connectivity index (χ1) is 8.19. The number of methoxy groups -OCH3 is 1. The number of halogens is 1. The Morgan fingerprint density at radius 1 is 1.59 bits per heavy atom. The molecule has 1 heterocycles. The van der Waals surface area contributed by atoms with Crippen molar-refractivity contribution in [3.8, 4) is 5.75 Å². The van der Waals surface area contributed by atoms with E-state index in [1.165, 1.54) is 25.3 Å². The van der Waals surface area contributed by atoms with Gasteiger partial charge in [0.2, 0.25) is 5.91 Å². The lowest BCUT2D eigenvalue weighted by Gasteiger charge is -2.26. The first-order valence-corrected chi connectivity index (χ1v) is 5.53. The molecule has 0 radical (unpaired) electrons. The van der Waals surface area contributed by atoms with Crippen LogP contribution in [0.3, 0.4) is 0 Å². The summed E-state index contributed by atoms with van der Waals surface area (Å²) in [6.07, 6.45) is 0.493. The molecule has 17 heavy (non-hydrogen) atoms. The molecule has 1 aliphatic heterocycles. The maximum Gasteiger partial charge on any atom is 0.224 e. The van der Waals surface area contributed by atoms with Gasteiger partial charge in [-0.2, -0.15) is 0 Å². The molecule has 0 unspecified atom stereocenters. The second kappa shape index (κ2) is 5.14. The van der Waals surface area contributed by atoms with Crippen molar-refractivity contribution in [2.75, 3.05) is 25.5 Å². The summed E-state index contributed by atoms with van der Waals surface area (Å²) >= 11 is 0. The van der Waals surface area contributed by atoms with Crippen molar-refractivity contribution in [1.82, 2.24) is 5.32 Å². The zero-order chi connectivity index (χ0) is 12.3. The van der Waals surface area contributed by atoms with E-state index in [4.69, 9.17) is 4.74 Å². The van der Waals surface area contributed by atoms with Crippen LogP contribution in [0.4, 0.5) is 10.1 Å². The van der Waals surface area contributed by atoms with Crippen LogP contribution in [-0.4, -0.2) is 26.1 Å². The summed E-state index contributed by atoms with van der Waals surface area (Å²) in [4.78, 5) is 11.6. The van der Waals surface area contributed by atoms with Gasteiger partial charge >= 0.3 is 0 Å². The van der Waals surface area contributed by atoms with Gasteiger partial charge in [-0.15, -0.1) is 0 Å². The molecule has 5 heteroatoms. The zero-order valence-corrected chi connectivity index (χ0v) is 9.63. The van der Waals surface area contributed by atoms with Crippen LogP contribution in [0.15, 0.2) is 18.2 Å². The Morgan fingerprint density at radius 3 is 2.94 bits per heavy atom. The summed E-state index contributed by atoms with van der Waals surface area (Å²) in [7, 11) is 1.39. The second-order valence-electron chi connectivity index (χ2n) is 4.13. The predicted octanol–water partition coefficient (Wildman–Crippen LogP) is 1.38. The summed E-state index contributed by atoms with van der Waals surface area (Å²) in [5.74, 6) is 0.0595. The van der Waals surface area contributed by atoms with Gasteiger partial charge in [0, 0.05) is 18.2 Å². The molecule has 0 saturated carbocycles. The average Bonchev–Trinajstić information content (AvgIpc) is 2.26. The Balaban J connectivity index is 1.95. The minimum Gasteiger partial charge on any atom is -0.494 e. The van der Waals surface area contributed by atoms with Crippen LogP contribution in [0.25, 0.3) is 0 Å². The monoisotopic (exact) mass is 238 g/mol. The van der Waals surface area contributed by atoms with Gasteiger partial charge < -0.3 is 15.4 Å². The fourth-order valence-corrected chi connectivity index (χ4v) is 1.70. The van der Waals surface area contributed by atoms with Gasteiger partial charge in [-0.1, -0.05) is 0 Å². The maximum atomic E-state index is 13.1. The molecule has 0 aromatic heterocycles. The van der Waals surface area contributed by atoms with Gasteiger partial charge in [-0.3, -0.25) is 4.79 Å². The third-order valence-corrected chi connectivity index (χ3v) is 2.77. The Kier molecular flexibility index (Phi) is 3.58. The van der Waals surface area contributed by atoms with Crippen LogP contribution in [0.2, 0.25) is 0 Å². The lowest BCUT2D eigenvalue weighted by Crippen LogP contribution is -2.43. The van der Waals surface area contributed by atoms with Gasteiger partial charge in [-0.05, 0) is 31.1 Å². The Labute approximate surface area is 99.2 Å². The quantitative estimate of drug-likeness (QED) is 0.833. The minimum absolute atomic E-state index is 0.0508. The number of hydrogen-bond acceptors (Lipinski definition) is 3. The van der Waals surface area contributed by atoms with Crippen LogP contribution >= 0.6 is 0 Å². The van der Waals surface area contributed by atoms with E-state index in [2.05, 4.69) is 10.6 Å². The van der Waals surface area contributed by atoms with Crippen LogP contribution < -0.4 is 15.4 Å². The normalized spacial score (nSPS) is 15.2. The van der Waals surface area contributed by atoms with Gasteiger partial charge in [0.15, 0.2) is 11.6 Å². The molecular weight excluding hydrogens is 223 g/mol. The van der Waals surface area contributed by atoms with Gasteiger partial charge in [0.25, 0.3) is 0 Å². The minimum atomic E-state index is -0.436. The first-order valence-electron chi connectivity index (χ1n) is 5.53. The molecule has 1 aromatic rings. The lowest BCUT2D eigenvalue weighted by atomic mass is 9.99. The number of carbonyl (C=O) groups is 1. The number of hydrogen-bond donors (Lipinski definition) is 2. The second-order valence-corrected chi connectivity index (χ2v) is 4.13. The highest BCUT2D eigenvalue weighted by Gasteiger charge is 2.20. The molecule has 4 nitrogen and oxygen atoms in total. The molecule has 2 N–H and O–H groups in total. The van der Waals surface area contributed by atoms with E-state index in [0.717, 1.165) is 13.1 Å². The van der Waals surface area contributed by atoms with Crippen molar-refractivity contribution in [3.05, 3.63) is 24.0 Å². The summed E-state index contributed by atoms with van der Waals surface area (Å²) in [6.45, 7) is 1.78. The summed E-state index contributed by atoms with van der Waals surface area (Å²) in [5, 5.41) is 5.84. The highest BCUT2D eigenvalue weighted by Crippen LogP contribution is 2.22. The van der Waals surface area contributed by atoms with Gasteiger partial charge in [0.1, 0.15) is 0 Å². The van der Waals surface area contributed by atoms with Crippen LogP contribution in [-0.2, 0) is 4.79 Å². The predicted molar refractivity (Wildman–Crippen MR) is 62.6 cm³/mol. The third-order valence-electron chi connectivity index (χ3n) is 2.77. The molecule has 0 aliphatic carbocycles. The van der Waals surface area contributed by atoms with Crippen LogP contribution in [0.1, 0.15) is 6.42 Å². The van der Waals surface area contributed by atoms with Crippen molar-refractivity contribution < 1.29 is 13.9 Å². The van der Waals surface area contributed by atoms with E-state index in [0.29, 0.717) is 18.0 Å². The fourth-order valence-electron chi connectivity index (χ4n) is 1.70. The first kappa shape index (κ1) is 11.9. The van der Waals surface area contributed by atoms with Gasteiger partial charge in [-0.25, -0.2) is 4.39 Å². The average molecular weight is 238 g/mol. The number of carbonyl (C=O) groups excluding carboxylic acids is 1. The number of rotatable bonds is 4. The molecule has 1 saturated heterocycles. The molecule has 1 fully saturated rings. The Morgan fingerprint density at radius 2 is 2.35 bits per heavy atom. The summed E-state index contributed by atoms with van der Waals surface area (Å²) in [5.41, 5.74) is 0.556. The number of ether oxygens (including phenoxy) is 1. The van der Waals surface area contributed by atoms with E-state index in [1.54, 1.807) is 0 Å². The largest absolute Gasteiger partial charge is 0.494 e. The number of amides is 1. The smallest absolute Gasteiger partial charge is 0.224 e. The van der Waals surface area contributed by atoms with Crippen molar-refractivity contribution in [1.29, 1.82) is 0 Å². The molecular formula is C12H15FN2O2. The Bertz CT molecular complexity index is 419.